The molecule has 1 aromatic rings. The van der Waals surface area contributed by atoms with Crippen molar-refractivity contribution in [1.29, 1.82) is 0 Å². The summed E-state index contributed by atoms with van der Waals surface area (Å²) in [5, 5.41) is 19.9. The lowest BCUT2D eigenvalue weighted by Gasteiger charge is -2.25. The van der Waals surface area contributed by atoms with Gasteiger partial charge < -0.3 is 14.8 Å². The van der Waals surface area contributed by atoms with Crippen LogP contribution in [0.1, 0.15) is 37.5 Å². The number of hydrogen-bond acceptors (Lipinski definition) is 5. The van der Waals surface area contributed by atoms with Gasteiger partial charge in [-0.25, -0.2) is 0 Å². The van der Waals surface area contributed by atoms with Gasteiger partial charge in [0.1, 0.15) is 0 Å². The van der Waals surface area contributed by atoms with Crippen LogP contribution in [0.15, 0.2) is 4.42 Å². The maximum absolute atomic E-state index is 10.8. The molecule has 18 heavy (non-hydrogen) atoms. The summed E-state index contributed by atoms with van der Waals surface area (Å²) in [5.74, 6) is 0.952. The molecule has 1 aliphatic rings. The van der Waals surface area contributed by atoms with E-state index in [1.54, 1.807) is 6.92 Å². The Morgan fingerprint density at radius 3 is 2.67 bits per heavy atom. The molecule has 0 saturated heterocycles. The second-order valence-electron chi connectivity index (χ2n) is 4.90. The fourth-order valence-electron chi connectivity index (χ4n) is 2.41. The van der Waals surface area contributed by atoms with E-state index in [0.29, 0.717) is 24.2 Å². The zero-order valence-corrected chi connectivity index (χ0v) is 10.6. The topological polar surface area (TPSA) is 88.2 Å². The van der Waals surface area contributed by atoms with E-state index in [9.17, 15) is 4.79 Å². The van der Waals surface area contributed by atoms with Crippen LogP contribution in [0, 0.1) is 18.8 Å². The van der Waals surface area contributed by atoms with Gasteiger partial charge in [0.05, 0.1) is 12.5 Å². The first-order valence-electron chi connectivity index (χ1n) is 6.37. The third-order valence-corrected chi connectivity index (χ3v) is 3.47. The first kappa shape index (κ1) is 13.0. The van der Waals surface area contributed by atoms with Gasteiger partial charge in [-0.2, -0.15) is 0 Å². The van der Waals surface area contributed by atoms with E-state index >= 15 is 0 Å². The molecular formula is C12H19N3O3. The lowest BCUT2D eigenvalue weighted by atomic mass is 9.82. The molecule has 6 nitrogen and oxygen atoms in total. The lowest BCUT2D eigenvalue weighted by Crippen LogP contribution is -2.28. The van der Waals surface area contributed by atoms with Gasteiger partial charge in [0.25, 0.3) is 0 Å². The SMILES string of the molecule is Cc1nnc(CNCC2CCC(C(=O)O)CC2)o1. The number of carboxylic acid groups (broad SMARTS) is 1. The van der Waals surface area contributed by atoms with E-state index in [0.717, 1.165) is 32.2 Å². The minimum absolute atomic E-state index is 0.139. The Labute approximate surface area is 106 Å². The molecule has 0 aromatic carbocycles. The molecule has 0 unspecified atom stereocenters. The van der Waals surface area contributed by atoms with E-state index in [-0.39, 0.29) is 5.92 Å². The van der Waals surface area contributed by atoms with Crippen molar-refractivity contribution in [3.8, 4) is 0 Å². The van der Waals surface area contributed by atoms with E-state index in [1.165, 1.54) is 0 Å². The number of carboxylic acids is 1. The quantitative estimate of drug-likeness (QED) is 0.823. The van der Waals surface area contributed by atoms with Crippen LogP contribution < -0.4 is 5.32 Å². The molecule has 6 heteroatoms. The second kappa shape index (κ2) is 5.95. The van der Waals surface area contributed by atoms with Crippen molar-refractivity contribution in [1.82, 2.24) is 15.5 Å². The Bertz CT molecular complexity index is 397. The van der Waals surface area contributed by atoms with Crippen LogP contribution in [0.5, 0.6) is 0 Å². The van der Waals surface area contributed by atoms with Crippen LogP contribution in [-0.2, 0) is 11.3 Å². The molecule has 1 saturated carbocycles. The van der Waals surface area contributed by atoms with Crippen LogP contribution in [0.4, 0.5) is 0 Å². The van der Waals surface area contributed by atoms with Gasteiger partial charge >= 0.3 is 5.97 Å². The molecule has 1 aliphatic carbocycles. The highest BCUT2D eigenvalue weighted by atomic mass is 16.4. The summed E-state index contributed by atoms with van der Waals surface area (Å²) >= 11 is 0. The third kappa shape index (κ3) is 3.53. The van der Waals surface area contributed by atoms with Crippen molar-refractivity contribution in [2.75, 3.05) is 6.54 Å². The largest absolute Gasteiger partial charge is 0.481 e. The Morgan fingerprint density at radius 1 is 1.39 bits per heavy atom. The predicted molar refractivity (Wildman–Crippen MR) is 63.8 cm³/mol. The molecule has 0 radical (unpaired) electrons. The normalized spacial score (nSPS) is 24.1. The average Bonchev–Trinajstić information content (AvgIpc) is 2.76. The number of aryl methyl sites for hydroxylation is 1. The molecular weight excluding hydrogens is 234 g/mol. The summed E-state index contributed by atoms with van der Waals surface area (Å²) < 4.78 is 5.26. The minimum atomic E-state index is -0.650. The van der Waals surface area contributed by atoms with Gasteiger partial charge in [-0.15, -0.1) is 10.2 Å². The first-order valence-corrected chi connectivity index (χ1v) is 6.37. The summed E-state index contributed by atoms with van der Waals surface area (Å²) in [4.78, 5) is 10.8. The number of rotatable bonds is 5. The van der Waals surface area contributed by atoms with Crippen molar-refractivity contribution in [3.63, 3.8) is 0 Å². The van der Waals surface area contributed by atoms with Crippen LogP contribution in [0.3, 0.4) is 0 Å². The highest BCUT2D eigenvalue weighted by Gasteiger charge is 2.25. The molecule has 1 heterocycles. The Balaban J connectivity index is 1.65. The van der Waals surface area contributed by atoms with Crippen LogP contribution >= 0.6 is 0 Å². The maximum Gasteiger partial charge on any atom is 0.306 e. The third-order valence-electron chi connectivity index (χ3n) is 3.47. The minimum Gasteiger partial charge on any atom is -0.481 e. The van der Waals surface area contributed by atoms with Gasteiger partial charge in [0.2, 0.25) is 11.8 Å². The number of nitrogens with zero attached hydrogens (tertiary/aromatic N) is 2. The fourth-order valence-corrected chi connectivity index (χ4v) is 2.41. The van der Waals surface area contributed by atoms with E-state index in [4.69, 9.17) is 9.52 Å². The standard InChI is InChI=1S/C12H19N3O3/c1-8-14-15-11(18-8)7-13-6-9-2-4-10(5-3-9)12(16)17/h9-10,13H,2-7H2,1H3,(H,16,17). The van der Waals surface area contributed by atoms with Crippen molar-refractivity contribution >= 4 is 5.97 Å². The predicted octanol–water partition coefficient (Wildman–Crippen LogP) is 1.36. The summed E-state index contributed by atoms with van der Waals surface area (Å²) in [6, 6.07) is 0. The van der Waals surface area contributed by atoms with Crippen molar-refractivity contribution in [2.45, 2.75) is 39.2 Å². The van der Waals surface area contributed by atoms with Crippen LogP contribution in [0.25, 0.3) is 0 Å². The van der Waals surface area contributed by atoms with Gasteiger partial charge in [-0.05, 0) is 38.1 Å². The van der Waals surface area contributed by atoms with Gasteiger partial charge in [-0.1, -0.05) is 0 Å². The molecule has 0 atom stereocenters. The molecule has 0 bridgehead atoms. The van der Waals surface area contributed by atoms with Gasteiger partial charge in [0.15, 0.2) is 0 Å². The summed E-state index contributed by atoms with van der Waals surface area (Å²) in [6.07, 6.45) is 3.54. The highest BCUT2D eigenvalue weighted by Crippen LogP contribution is 2.28. The number of aliphatic carboxylic acids is 1. The second-order valence-corrected chi connectivity index (χ2v) is 4.90. The Kier molecular flexibility index (Phi) is 4.30. The molecule has 0 amide bonds. The Morgan fingerprint density at radius 2 is 2.11 bits per heavy atom. The van der Waals surface area contributed by atoms with E-state index < -0.39 is 5.97 Å². The van der Waals surface area contributed by atoms with E-state index in [2.05, 4.69) is 15.5 Å². The fraction of sp³-hybridized carbons (Fsp3) is 0.750. The van der Waals surface area contributed by atoms with Gasteiger partial charge in [0, 0.05) is 6.92 Å². The zero-order chi connectivity index (χ0) is 13.0. The average molecular weight is 253 g/mol. The van der Waals surface area contributed by atoms with Crippen LogP contribution in [0.2, 0.25) is 0 Å². The molecule has 1 fully saturated rings. The summed E-state index contributed by atoms with van der Waals surface area (Å²) in [6.45, 7) is 3.23. The van der Waals surface area contributed by atoms with E-state index in [1.807, 2.05) is 0 Å². The molecule has 0 spiro atoms. The monoisotopic (exact) mass is 253 g/mol. The summed E-state index contributed by atoms with van der Waals surface area (Å²) in [5.41, 5.74) is 0. The number of hydrogen-bond donors (Lipinski definition) is 2. The highest BCUT2D eigenvalue weighted by molar-refractivity contribution is 5.69. The maximum atomic E-state index is 10.8. The molecule has 2 N–H and O–H groups in total. The van der Waals surface area contributed by atoms with Crippen molar-refractivity contribution < 1.29 is 14.3 Å². The van der Waals surface area contributed by atoms with Crippen LogP contribution in [-0.4, -0.2) is 27.8 Å². The number of aromatic nitrogens is 2. The van der Waals surface area contributed by atoms with Crippen molar-refractivity contribution in [3.05, 3.63) is 11.8 Å². The molecule has 100 valence electrons. The molecule has 0 aliphatic heterocycles. The summed E-state index contributed by atoms with van der Waals surface area (Å²) in [7, 11) is 0. The molecule has 2 rings (SSSR count). The molecule has 1 aromatic heterocycles. The Hall–Kier alpha value is -1.43. The zero-order valence-electron chi connectivity index (χ0n) is 10.6. The van der Waals surface area contributed by atoms with Gasteiger partial charge in [-0.3, -0.25) is 4.79 Å². The number of carbonyl (C=O) groups is 1. The lowest BCUT2D eigenvalue weighted by molar-refractivity contribution is -0.143. The smallest absolute Gasteiger partial charge is 0.306 e. The number of nitrogens with one attached hydrogen (secondary N) is 1. The first-order chi connectivity index (χ1) is 8.65. The van der Waals surface area contributed by atoms with Crippen molar-refractivity contribution in [2.24, 2.45) is 11.8 Å².